The summed E-state index contributed by atoms with van der Waals surface area (Å²) in [6.07, 6.45) is 4.59. The second-order valence-corrected chi connectivity index (χ2v) is 7.37. The molecule has 1 aliphatic rings. The van der Waals surface area contributed by atoms with Gasteiger partial charge in [-0.05, 0) is 44.6 Å². The SMILES string of the molecule is CSC1CCC(OS(=O)(=O)c2ccc(C)cc2)C1. The van der Waals surface area contributed by atoms with E-state index in [1.807, 2.05) is 6.92 Å². The molecule has 0 N–H and O–H groups in total. The summed E-state index contributed by atoms with van der Waals surface area (Å²) < 4.78 is 29.4. The molecule has 0 aliphatic heterocycles. The smallest absolute Gasteiger partial charge is 0.263 e. The fraction of sp³-hybridized carbons (Fsp3) is 0.538. The molecule has 100 valence electrons. The van der Waals surface area contributed by atoms with Gasteiger partial charge in [0.15, 0.2) is 0 Å². The molecule has 1 fully saturated rings. The van der Waals surface area contributed by atoms with Crippen LogP contribution in [0.5, 0.6) is 0 Å². The molecule has 1 aromatic rings. The number of hydrogen-bond donors (Lipinski definition) is 0. The van der Waals surface area contributed by atoms with Gasteiger partial charge in [0.25, 0.3) is 10.1 Å². The molecule has 0 amide bonds. The fourth-order valence-electron chi connectivity index (χ4n) is 2.14. The number of rotatable bonds is 4. The molecule has 0 saturated heterocycles. The molecule has 0 radical (unpaired) electrons. The maximum Gasteiger partial charge on any atom is 0.297 e. The van der Waals surface area contributed by atoms with Gasteiger partial charge in [-0.1, -0.05) is 17.7 Å². The monoisotopic (exact) mass is 286 g/mol. The van der Waals surface area contributed by atoms with Gasteiger partial charge in [-0.3, -0.25) is 4.18 Å². The van der Waals surface area contributed by atoms with Gasteiger partial charge in [0.1, 0.15) is 0 Å². The highest BCUT2D eigenvalue weighted by Gasteiger charge is 2.29. The average Bonchev–Trinajstić information content (AvgIpc) is 2.76. The molecule has 3 nitrogen and oxygen atoms in total. The summed E-state index contributed by atoms with van der Waals surface area (Å²) in [7, 11) is -3.60. The molecule has 0 heterocycles. The Kier molecular flexibility index (Phi) is 4.35. The maximum atomic E-state index is 12.1. The summed E-state index contributed by atoms with van der Waals surface area (Å²) in [6.45, 7) is 1.93. The predicted octanol–water partition coefficient (Wildman–Crippen LogP) is 2.98. The van der Waals surface area contributed by atoms with Gasteiger partial charge in [-0.2, -0.15) is 20.2 Å². The molecular weight excluding hydrogens is 268 g/mol. The Morgan fingerprint density at radius 2 is 1.89 bits per heavy atom. The van der Waals surface area contributed by atoms with Gasteiger partial charge in [0, 0.05) is 5.25 Å². The quantitative estimate of drug-likeness (QED) is 0.798. The molecule has 5 heteroatoms. The first-order chi connectivity index (χ1) is 8.51. The van der Waals surface area contributed by atoms with Crippen molar-refractivity contribution in [3.05, 3.63) is 29.8 Å². The van der Waals surface area contributed by atoms with Crippen molar-refractivity contribution < 1.29 is 12.6 Å². The van der Waals surface area contributed by atoms with Crippen molar-refractivity contribution in [2.45, 2.75) is 42.4 Å². The van der Waals surface area contributed by atoms with E-state index in [1.165, 1.54) is 0 Å². The Hall–Kier alpha value is -0.520. The van der Waals surface area contributed by atoms with E-state index in [-0.39, 0.29) is 11.0 Å². The van der Waals surface area contributed by atoms with Crippen LogP contribution in [0.4, 0.5) is 0 Å². The van der Waals surface area contributed by atoms with Crippen molar-refractivity contribution in [3.63, 3.8) is 0 Å². The Morgan fingerprint density at radius 1 is 1.22 bits per heavy atom. The van der Waals surface area contributed by atoms with E-state index in [2.05, 4.69) is 6.26 Å². The summed E-state index contributed by atoms with van der Waals surface area (Å²) in [6, 6.07) is 6.78. The van der Waals surface area contributed by atoms with Crippen molar-refractivity contribution in [2.24, 2.45) is 0 Å². The van der Waals surface area contributed by atoms with Gasteiger partial charge < -0.3 is 0 Å². The van der Waals surface area contributed by atoms with E-state index in [0.29, 0.717) is 5.25 Å². The number of thioether (sulfide) groups is 1. The lowest BCUT2D eigenvalue weighted by molar-refractivity contribution is 0.218. The lowest BCUT2D eigenvalue weighted by atomic mass is 10.2. The molecule has 2 atom stereocenters. The van der Waals surface area contributed by atoms with Crippen molar-refractivity contribution in [1.82, 2.24) is 0 Å². The Morgan fingerprint density at radius 3 is 2.44 bits per heavy atom. The highest BCUT2D eigenvalue weighted by atomic mass is 32.2. The standard InChI is InChI=1S/C13H18O3S2/c1-10-3-7-13(8-4-10)18(14,15)16-11-5-6-12(9-11)17-2/h3-4,7-8,11-12H,5-6,9H2,1-2H3. The second-order valence-electron chi connectivity index (χ2n) is 4.66. The third-order valence-electron chi connectivity index (χ3n) is 3.24. The van der Waals surface area contributed by atoms with Crippen LogP contribution in [0.2, 0.25) is 0 Å². The van der Waals surface area contributed by atoms with Crippen LogP contribution in [0, 0.1) is 6.92 Å². The topological polar surface area (TPSA) is 43.4 Å². The molecule has 18 heavy (non-hydrogen) atoms. The lowest BCUT2D eigenvalue weighted by Crippen LogP contribution is -2.16. The van der Waals surface area contributed by atoms with Crippen molar-refractivity contribution in [1.29, 1.82) is 0 Å². The zero-order valence-electron chi connectivity index (χ0n) is 10.6. The van der Waals surface area contributed by atoms with E-state index < -0.39 is 10.1 Å². The molecule has 1 saturated carbocycles. The molecule has 2 unspecified atom stereocenters. The first-order valence-corrected chi connectivity index (χ1v) is 8.73. The summed E-state index contributed by atoms with van der Waals surface area (Å²) >= 11 is 1.79. The van der Waals surface area contributed by atoms with Crippen LogP contribution >= 0.6 is 11.8 Å². The average molecular weight is 286 g/mol. The van der Waals surface area contributed by atoms with Crippen LogP contribution in [0.3, 0.4) is 0 Å². The molecule has 2 rings (SSSR count). The van der Waals surface area contributed by atoms with Crippen LogP contribution in [0.15, 0.2) is 29.2 Å². The summed E-state index contributed by atoms with van der Waals surface area (Å²) in [5.41, 5.74) is 1.04. The van der Waals surface area contributed by atoms with Gasteiger partial charge >= 0.3 is 0 Å². The van der Waals surface area contributed by atoms with Gasteiger partial charge in [0.05, 0.1) is 11.0 Å². The first kappa shape index (κ1) is 13.9. The molecule has 0 bridgehead atoms. The summed E-state index contributed by atoms with van der Waals surface area (Å²) in [5, 5.41) is 0.531. The minimum absolute atomic E-state index is 0.159. The van der Waals surface area contributed by atoms with Crippen LogP contribution in [-0.2, 0) is 14.3 Å². The zero-order valence-corrected chi connectivity index (χ0v) is 12.3. The van der Waals surface area contributed by atoms with Gasteiger partial charge in [0.2, 0.25) is 0 Å². The largest absolute Gasteiger partial charge is 0.297 e. The van der Waals surface area contributed by atoms with Gasteiger partial charge in [-0.25, -0.2) is 0 Å². The second kappa shape index (κ2) is 5.63. The van der Waals surface area contributed by atoms with Gasteiger partial charge in [-0.15, -0.1) is 0 Å². The molecule has 0 spiro atoms. The van der Waals surface area contributed by atoms with E-state index in [9.17, 15) is 8.42 Å². The van der Waals surface area contributed by atoms with E-state index in [4.69, 9.17) is 4.18 Å². The van der Waals surface area contributed by atoms with Crippen LogP contribution < -0.4 is 0 Å². The highest BCUT2D eigenvalue weighted by Crippen LogP contribution is 2.32. The van der Waals surface area contributed by atoms with E-state index in [1.54, 1.807) is 36.0 Å². The van der Waals surface area contributed by atoms with Crippen molar-refractivity contribution >= 4 is 21.9 Å². The van der Waals surface area contributed by atoms with E-state index >= 15 is 0 Å². The van der Waals surface area contributed by atoms with Crippen LogP contribution in [-0.4, -0.2) is 26.0 Å². The predicted molar refractivity (Wildman–Crippen MR) is 74.4 cm³/mol. The summed E-state index contributed by atoms with van der Waals surface area (Å²) in [5.74, 6) is 0. The third-order valence-corrected chi connectivity index (χ3v) is 5.71. The van der Waals surface area contributed by atoms with Crippen molar-refractivity contribution in [2.75, 3.05) is 6.26 Å². The minimum atomic E-state index is -3.60. The molecular formula is C13H18O3S2. The van der Waals surface area contributed by atoms with Crippen LogP contribution in [0.1, 0.15) is 24.8 Å². The van der Waals surface area contributed by atoms with Crippen molar-refractivity contribution in [3.8, 4) is 0 Å². The molecule has 1 aromatic carbocycles. The number of benzene rings is 1. The Bertz CT molecular complexity index is 493. The Balaban J connectivity index is 2.06. The fourth-order valence-corrected chi connectivity index (χ4v) is 4.03. The minimum Gasteiger partial charge on any atom is -0.263 e. The number of hydrogen-bond acceptors (Lipinski definition) is 4. The summed E-state index contributed by atoms with van der Waals surface area (Å²) in [4.78, 5) is 0.251. The third kappa shape index (κ3) is 3.28. The Labute approximate surface area is 113 Å². The lowest BCUT2D eigenvalue weighted by Gasteiger charge is -2.12. The van der Waals surface area contributed by atoms with Crippen LogP contribution in [0.25, 0.3) is 0 Å². The maximum absolute atomic E-state index is 12.1. The molecule has 0 aromatic heterocycles. The first-order valence-electron chi connectivity index (χ1n) is 6.04. The normalized spacial score (nSPS) is 24.3. The van der Waals surface area contributed by atoms with E-state index in [0.717, 1.165) is 24.8 Å². The highest BCUT2D eigenvalue weighted by molar-refractivity contribution is 7.99. The zero-order chi connectivity index (χ0) is 13.2. The number of aryl methyl sites for hydroxylation is 1. The molecule has 1 aliphatic carbocycles.